The molecule has 5 heteroatoms. The first-order valence-corrected chi connectivity index (χ1v) is 5.40. The number of aromatic amines is 1. The summed E-state index contributed by atoms with van der Waals surface area (Å²) in [4.78, 5) is 26.8. The van der Waals surface area contributed by atoms with E-state index in [1.807, 2.05) is 0 Å². The van der Waals surface area contributed by atoms with Gasteiger partial charge in [-0.15, -0.1) is 0 Å². The van der Waals surface area contributed by atoms with Gasteiger partial charge in [-0.25, -0.2) is 4.79 Å². The first kappa shape index (κ1) is 10.7. The van der Waals surface area contributed by atoms with Crippen LogP contribution in [-0.2, 0) is 0 Å². The van der Waals surface area contributed by atoms with E-state index in [9.17, 15) is 9.59 Å². The number of H-pyrrole nitrogens is 1. The maximum atomic E-state index is 11.5. The van der Waals surface area contributed by atoms with Gasteiger partial charge < -0.3 is 15.0 Å². The molecule has 0 atom stereocenters. The molecule has 2 N–H and O–H groups in total. The highest BCUT2D eigenvalue weighted by Crippen LogP contribution is 2.16. The fourth-order valence-corrected chi connectivity index (χ4v) is 1.95. The molecule has 0 amide bonds. The van der Waals surface area contributed by atoms with Crippen LogP contribution in [0.2, 0.25) is 0 Å². The van der Waals surface area contributed by atoms with E-state index in [0.717, 1.165) is 31.7 Å². The maximum absolute atomic E-state index is 11.5. The minimum atomic E-state index is -1.19. The average Bonchev–Trinajstić information content (AvgIpc) is 2.29. The largest absolute Gasteiger partial charge is 0.477 e. The minimum Gasteiger partial charge on any atom is -0.477 e. The predicted molar refractivity (Wildman–Crippen MR) is 60.1 cm³/mol. The second-order valence-corrected chi connectivity index (χ2v) is 3.94. The first-order valence-electron chi connectivity index (χ1n) is 5.40. The number of carbonyl (C=O) groups is 1. The molecule has 1 fully saturated rings. The molecule has 2 rings (SSSR count). The molecule has 0 unspecified atom stereocenters. The number of nitrogens with one attached hydrogen (secondary N) is 1. The molecule has 0 aliphatic carbocycles. The number of aromatic carboxylic acids is 1. The molecule has 0 radical (unpaired) electrons. The fourth-order valence-electron chi connectivity index (χ4n) is 1.95. The van der Waals surface area contributed by atoms with Gasteiger partial charge in [0.25, 0.3) is 5.56 Å². The van der Waals surface area contributed by atoms with E-state index in [4.69, 9.17) is 5.11 Å². The molecule has 0 aromatic carbocycles. The zero-order valence-corrected chi connectivity index (χ0v) is 8.90. The van der Waals surface area contributed by atoms with Gasteiger partial charge in [0.1, 0.15) is 11.4 Å². The van der Waals surface area contributed by atoms with E-state index >= 15 is 0 Å². The molecule has 0 saturated carbocycles. The molecule has 1 aliphatic rings. The Morgan fingerprint density at radius 3 is 2.50 bits per heavy atom. The quantitative estimate of drug-likeness (QED) is 0.784. The van der Waals surface area contributed by atoms with E-state index in [2.05, 4.69) is 9.88 Å². The number of nitrogens with zero attached hydrogens (tertiary/aromatic N) is 1. The van der Waals surface area contributed by atoms with Crippen molar-refractivity contribution in [1.29, 1.82) is 0 Å². The van der Waals surface area contributed by atoms with E-state index in [1.165, 1.54) is 12.5 Å². The fraction of sp³-hybridized carbons (Fsp3) is 0.455. The van der Waals surface area contributed by atoms with Crippen LogP contribution in [0.3, 0.4) is 0 Å². The number of hydrogen-bond donors (Lipinski definition) is 2. The lowest BCUT2D eigenvalue weighted by Crippen LogP contribution is -2.32. The summed E-state index contributed by atoms with van der Waals surface area (Å²) in [5.41, 5.74) is -0.740. The Balaban J connectivity index is 2.26. The van der Waals surface area contributed by atoms with Gasteiger partial charge in [-0.1, -0.05) is 0 Å². The van der Waals surface area contributed by atoms with E-state index in [-0.39, 0.29) is 5.56 Å². The number of piperidine rings is 1. The molecule has 0 bridgehead atoms. The number of rotatable bonds is 2. The molecule has 1 aliphatic heterocycles. The topological polar surface area (TPSA) is 73.4 Å². The zero-order chi connectivity index (χ0) is 11.5. The highest BCUT2D eigenvalue weighted by Gasteiger charge is 2.14. The Morgan fingerprint density at radius 2 is 1.94 bits per heavy atom. The summed E-state index contributed by atoms with van der Waals surface area (Å²) in [5.74, 6) is -0.471. The van der Waals surface area contributed by atoms with Gasteiger partial charge in [-0.2, -0.15) is 0 Å². The Hall–Kier alpha value is -1.78. The molecule has 5 nitrogen and oxygen atoms in total. The van der Waals surface area contributed by atoms with Crippen LogP contribution < -0.4 is 10.5 Å². The second-order valence-electron chi connectivity index (χ2n) is 3.94. The summed E-state index contributed by atoms with van der Waals surface area (Å²) < 4.78 is 0. The van der Waals surface area contributed by atoms with Crippen LogP contribution in [0.25, 0.3) is 0 Å². The van der Waals surface area contributed by atoms with Crippen molar-refractivity contribution in [3.63, 3.8) is 0 Å². The number of anilines is 1. The summed E-state index contributed by atoms with van der Waals surface area (Å²) >= 11 is 0. The summed E-state index contributed by atoms with van der Waals surface area (Å²) in [5, 5.41) is 8.73. The molecule has 2 heterocycles. The average molecular weight is 222 g/mol. The molecule has 1 aromatic heterocycles. The second kappa shape index (κ2) is 4.38. The molecule has 1 aromatic rings. The molecule has 0 spiro atoms. The van der Waals surface area contributed by atoms with Crippen molar-refractivity contribution in [1.82, 2.24) is 4.98 Å². The van der Waals surface area contributed by atoms with E-state index < -0.39 is 11.5 Å². The lowest BCUT2D eigenvalue weighted by Gasteiger charge is -2.28. The number of hydrogen-bond acceptors (Lipinski definition) is 3. The zero-order valence-electron chi connectivity index (χ0n) is 8.90. The normalized spacial score (nSPS) is 16.1. The Bertz CT molecular complexity index is 447. The van der Waals surface area contributed by atoms with Gasteiger partial charge in [-0.05, 0) is 31.4 Å². The Morgan fingerprint density at radius 1 is 1.25 bits per heavy atom. The third kappa shape index (κ3) is 2.08. The van der Waals surface area contributed by atoms with Crippen LogP contribution in [0, 0.1) is 0 Å². The summed E-state index contributed by atoms with van der Waals surface area (Å²) in [7, 11) is 0. The van der Waals surface area contributed by atoms with Crippen molar-refractivity contribution in [3.8, 4) is 0 Å². The lowest BCUT2D eigenvalue weighted by atomic mass is 10.1. The molecular weight excluding hydrogens is 208 g/mol. The first-order chi connectivity index (χ1) is 7.68. The van der Waals surface area contributed by atoms with Crippen molar-refractivity contribution in [3.05, 3.63) is 28.0 Å². The third-order valence-corrected chi connectivity index (χ3v) is 2.82. The van der Waals surface area contributed by atoms with Crippen molar-refractivity contribution in [2.45, 2.75) is 19.3 Å². The summed E-state index contributed by atoms with van der Waals surface area (Å²) in [6, 6.07) is 3.03. The van der Waals surface area contributed by atoms with Gasteiger partial charge in [0.05, 0.1) is 0 Å². The summed E-state index contributed by atoms with van der Waals surface area (Å²) in [6.45, 7) is 1.84. The van der Waals surface area contributed by atoms with Gasteiger partial charge in [0, 0.05) is 13.1 Å². The van der Waals surface area contributed by atoms with Crippen molar-refractivity contribution >= 4 is 11.8 Å². The SMILES string of the molecule is O=C(O)c1ccc(N2CCCCC2)[nH]c1=O. The van der Waals surface area contributed by atoms with Gasteiger partial charge in [0.2, 0.25) is 0 Å². The van der Waals surface area contributed by atoms with Crippen molar-refractivity contribution in [2.24, 2.45) is 0 Å². The number of aromatic nitrogens is 1. The van der Waals surface area contributed by atoms with Crippen LogP contribution in [0.4, 0.5) is 5.82 Å². The van der Waals surface area contributed by atoms with Crippen LogP contribution >= 0.6 is 0 Å². The number of carboxylic acids is 1. The molecule has 86 valence electrons. The maximum Gasteiger partial charge on any atom is 0.341 e. The number of carboxylic acid groups (broad SMARTS) is 1. The highest BCUT2D eigenvalue weighted by atomic mass is 16.4. The third-order valence-electron chi connectivity index (χ3n) is 2.82. The summed E-state index contributed by atoms with van der Waals surface area (Å²) in [6.07, 6.45) is 3.44. The predicted octanol–water partition coefficient (Wildman–Crippen LogP) is 1.06. The van der Waals surface area contributed by atoms with Crippen LogP contribution in [-0.4, -0.2) is 29.1 Å². The van der Waals surface area contributed by atoms with Gasteiger partial charge >= 0.3 is 5.97 Å². The van der Waals surface area contributed by atoms with Crippen molar-refractivity contribution in [2.75, 3.05) is 18.0 Å². The van der Waals surface area contributed by atoms with E-state index in [1.54, 1.807) is 6.07 Å². The van der Waals surface area contributed by atoms with Gasteiger partial charge in [0.15, 0.2) is 0 Å². The molecule has 16 heavy (non-hydrogen) atoms. The Kier molecular flexibility index (Phi) is 2.94. The smallest absolute Gasteiger partial charge is 0.341 e. The van der Waals surface area contributed by atoms with Crippen LogP contribution in [0.1, 0.15) is 29.6 Å². The van der Waals surface area contributed by atoms with Crippen LogP contribution in [0.15, 0.2) is 16.9 Å². The van der Waals surface area contributed by atoms with E-state index in [0.29, 0.717) is 0 Å². The number of pyridine rings is 1. The highest BCUT2D eigenvalue weighted by molar-refractivity contribution is 5.87. The van der Waals surface area contributed by atoms with Gasteiger partial charge in [-0.3, -0.25) is 4.79 Å². The molecule has 1 saturated heterocycles. The van der Waals surface area contributed by atoms with Crippen molar-refractivity contribution < 1.29 is 9.90 Å². The Labute approximate surface area is 92.7 Å². The molecular formula is C11H14N2O3. The lowest BCUT2D eigenvalue weighted by molar-refractivity contribution is 0.0695. The minimum absolute atomic E-state index is 0.208. The standard InChI is InChI=1S/C11H14N2O3/c14-10-8(11(15)16)4-5-9(12-10)13-6-2-1-3-7-13/h4-5H,1-3,6-7H2,(H,12,14)(H,15,16). The van der Waals surface area contributed by atoms with Crippen LogP contribution in [0.5, 0.6) is 0 Å². The monoisotopic (exact) mass is 222 g/mol.